The molecule has 0 saturated heterocycles. The minimum atomic E-state index is 0.294. The van der Waals surface area contributed by atoms with Crippen LogP contribution < -0.4 is 14.8 Å². The Labute approximate surface area is 130 Å². The fourth-order valence-electron chi connectivity index (χ4n) is 2.46. The highest BCUT2D eigenvalue weighted by Gasteiger charge is 2.16. The SMILES string of the molecule is Brc1cc2c(cc1CNc1ccc3[nH]ccc3c1)OCO2. The third-order valence-electron chi connectivity index (χ3n) is 3.58. The number of rotatable bonds is 3. The van der Waals surface area contributed by atoms with Gasteiger partial charge in [-0.1, -0.05) is 15.9 Å². The Kier molecular flexibility index (Phi) is 3.00. The molecule has 1 aliphatic rings. The van der Waals surface area contributed by atoms with Crippen molar-refractivity contribution in [2.24, 2.45) is 0 Å². The maximum atomic E-state index is 5.42. The average Bonchev–Trinajstić information content (AvgIpc) is 3.12. The van der Waals surface area contributed by atoms with E-state index in [1.165, 1.54) is 5.39 Å². The summed E-state index contributed by atoms with van der Waals surface area (Å²) < 4.78 is 11.8. The van der Waals surface area contributed by atoms with Gasteiger partial charge < -0.3 is 19.8 Å². The second-order valence-electron chi connectivity index (χ2n) is 4.93. The van der Waals surface area contributed by atoms with Crippen LogP contribution in [0.4, 0.5) is 5.69 Å². The van der Waals surface area contributed by atoms with Gasteiger partial charge in [0.2, 0.25) is 6.79 Å². The summed E-state index contributed by atoms with van der Waals surface area (Å²) in [5, 5.41) is 4.63. The molecule has 2 heterocycles. The molecule has 0 amide bonds. The van der Waals surface area contributed by atoms with Crippen LogP contribution in [0.25, 0.3) is 10.9 Å². The highest BCUT2D eigenvalue weighted by Crippen LogP contribution is 2.37. The van der Waals surface area contributed by atoms with E-state index in [1.807, 2.05) is 18.3 Å². The molecule has 4 nitrogen and oxygen atoms in total. The number of anilines is 1. The molecule has 2 N–H and O–H groups in total. The van der Waals surface area contributed by atoms with Gasteiger partial charge in [0.25, 0.3) is 0 Å². The molecule has 21 heavy (non-hydrogen) atoms. The molecule has 3 aromatic rings. The number of nitrogens with one attached hydrogen (secondary N) is 2. The smallest absolute Gasteiger partial charge is 0.231 e. The Balaban J connectivity index is 1.56. The standard InChI is InChI=1S/C16H13BrN2O2/c17-13-7-16-15(20-9-21-16)6-11(13)8-19-12-1-2-14-10(5-12)3-4-18-14/h1-7,18-19H,8-9H2. The van der Waals surface area contributed by atoms with E-state index in [1.54, 1.807) is 0 Å². The second-order valence-corrected chi connectivity index (χ2v) is 5.78. The Hall–Kier alpha value is -2.14. The molecule has 0 saturated carbocycles. The highest BCUT2D eigenvalue weighted by molar-refractivity contribution is 9.10. The number of hydrogen-bond acceptors (Lipinski definition) is 3. The van der Waals surface area contributed by atoms with E-state index in [-0.39, 0.29) is 0 Å². The third kappa shape index (κ3) is 2.34. The van der Waals surface area contributed by atoms with Crippen molar-refractivity contribution >= 4 is 32.5 Å². The molecule has 1 aliphatic heterocycles. The second kappa shape index (κ2) is 5.00. The van der Waals surface area contributed by atoms with Crippen molar-refractivity contribution in [2.45, 2.75) is 6.54 Å². The van der Waals surface area contributed by atoms with Crippen LogP contribution in [0.3, 0.4) is 0 Å². The number of aromatic amines is 1. The van der Waals surface area contributed by atoms with Crippen LogP contribution >= 0.6 is 15.9 Å². The minimum absolute atomic E-state index is 0.294. The molecule has 0 bridgehead atoms. The van der Waals surface area contributed by atoms with Gasteiger partial charge in [-0.15, -0.1) is 0 Å². The largest absolute Gasteiger partial charge is 0.454 e. The molecular weight excluding hydrogens is 332 g/mol. The molecule has 0 spiro atoms. The van der Waals surface area contributed by atoms with Gasteiger partial charge in [0.1, 0.15) is 0 Å². The summed E-state index contributed by atoms with van der Waals surface area (Å²) in [6, 6.07) is 12.3. The van der Waals surface area contributed by atoms with Gasteiger partial charge in [-0.2, -0.15) is 0 Å². The van der Waals surface area contributed by atoms with E-state index in [4.69, 9.17) is 9.47 Å². The predicted molar refractivity (Wildman–Crippen MR) is 85.9 cm³/mol. The topological polar surface area (TPSA) is 46.3 Å². The highest BCUT2D eigenvalue weighted by atomic mass is 79.9. The maximum absolute atomic E-state index is 5.42. The van der Waals surface area contributed by atoms with Crippen molar-refractivity contribution in [1.29, 1.82) is 0 Å². The summed E-state index contributed by atoms with van der Waals surface area (Å²) in [5.41, 5.74) is 3.37. The van der Waals surface area contributed by atoms with Crippen molar-refractivity contribution in [3.05, 3.63) is 52.6 Å². The van der Waals surface area contributed by atoms with Crippen LogP contribution in [0.5, 0.6) is 11.5 Å². The number of aromatic nitrogens is 1. The van der Waals surface area contributed by atoms with Crippen molar-refractivity contribution in [3.63, 3.8) is 0 Å². The van der Waals surface area contributed by atoms with Crippen molar-refractivity contribution in [3.8, 4) is 11.5 Å². The first-order valence-corrected chi connectivity index (χ1v) is 7.48. The third-order valence-corrected chi connectivity index (χ3v) is 4.32. The van der Waals surface area contributed by atoms with Crippen molar-refractivity contribution in [2.75, 3.05) is 12.1 Å². The molecule has 4 rings (SSSR count). The summed E-state index contributed by atoms with van der Waals surface area (Å²) >= 11 is 3.58. The zero-order chi connectivity index (χ0) is 14.2. The zero-order valence-corrected chi connectivity index (χ0v) is 12.7. The van der Waals surface area contributed by atoms with Crippen LogP contribution in [0.15, 0.2) is 47.1 Å². The first-order chi connectivity index (χ1) is 10.3. The van der Waals surface area contributed by atoms with E-state index in [2.05, 4.69) is 50.5 Å². The van der Waals surface area contributed by atoms with E-state index in [9.17, 15) is 0 Å². The number of H-pyrrole nitrogens is 1. The molecule has 0 unspecified atom stereocenters. The number of halogens is 1. The summed E-state index contributed by atoms with van der Waals surface area (Å²) in [6.45, 7) is 1.01. The van der Waals surface area contributed by atoms with Crippen molar-refractivity contribution in [1.82, 2.24) is 4.98 Å². The first kappa shape index (κ1) is 12.6. The minimum Gasteiger partial charge on any atom is -0.454 e. The Morgan fingerprint density at radius 1 is 1.10 bits per heavy atom. The van der Waals surface area contributed by atoms with Gasteiger partial charge in [0, 0.05) is 33.8 Å². The van der Waals surface area contributed by atoms with Gasteiger partial charge in [-0.05, 0) is 42.0 Å². The van der Waals surface area contributed by atoms with E-state index in [0.29, 0.717) is 13.3 Å². The van der Waals surface area contributed by atoms with Crippen LogP contribution in [0.1, 0.15) is 5.56 Å². The molecule has 0 aliphatic carbocycles. The average molecular weight is 345 g/mol. The molecule has 106 valence electrons. The molecule has 0 fully saturated rings. The lowest BCUT2D eigenvalue weighted by molar-refractivity contribution is 0.174. The van der Waals surface area contributed by atoms with E-state index in [0.717, 1.165) is 32.7 Å². The number of ether oxygens (including phenoxy) is 2. The number of hydrogen-bond donors (Lipinski definition) is 2. The van der Waals surface area contributed by atoms with Gasteiger partial charge in [0.15, 0.2) is 11.5 Å². The Bertz CT molecular complexity index is 813. The zero-order valence-electron chi connectivity index (χ0n) is 11.2. The van der Waals surface area contributed by atoms with E-state index >= 15 is 0 Å². The van der Waals surface area contributed by atoms with Crippen LogP contribution in [0, 0.1) is 0 Å². The predicted octanol–water partition coefficient (Wildman–Crippen LogP) is 4.27. The Morgan fingerprint density at radius 2 is 1.95 bits per heavy atom. The summed E-state index contributed by atoms with van der Waals surface area (Å²) in [7, 11) is 0. The number of benzene rings is 2. The molecule has 5 heteroatoms. The van der Waals surface area contributed by atoms with Gasteiger partial charge in [0.05, 0.1) is 0 Å². The van der Waals surface area contributed by atoms with Gasteiger partial charge >= 0.3 is 0 Å². The molecule has 1 aromatic heterocycles. The normalized spacial score (nSPS) is 12.8. The summed E-state index contributed by atoms with van der Waals surface area (Å²) in [6.07, 6.45) is 1.95. The lowest BCUT2D eigenvalue weighted by Crippen LogP contribution is -2.00. The Morgan fingerprint density at radius 3 is 2.86 bits per heavy atom. The summed E-state index contributed by atoms with van der Waals surface area (Å²) in [5.74, 6) is 1.59. The molecule has 0 atom stereocenters. The monoisotopic (exact) mass is 344 g/mol. The van der Waals surface area contributed by atoms with E-state index < -0.39 is 0 Å². The lowest BCUT2D eigenvalue weighted by Gasteiger charge is -2.09. The lowest BCUT2D eigenvalue weighted by atomic mass is 10.2. The maximum Gasteiger partial charge on any atom is 0.231 e. The molecular formula is C16H13BrN2O2. The van der Waals surface area contributed by atoms with Gasteiger partial charge in [-0.3, -0.25) is 0 Å². The fourth-order valence-corrected chi connectivity index (χ4v) is 2.92. The number of fused-ring (bicyclic) bond motifs is 2. The first-order valence-electron chi connectivity index (χ1n) is 6.69. The van der Waals surface area contributed by atoms with Crippen LogP contribution in [-0.2, 0) is 6.54 Å². The summed E-state index contributed by atoms with van der Waals surface area (Å²) in [4.78, 5) is 3.19. The fraction of sp³-hybridized carbons (Fsp3) is 0.125. The van der Waals surface area contributed by atoms with Gasteiger partial charge in [-0.25, -0.2) is 0 Å². The molecule has 2 aromatic carbocycles. The van der Waals surface area contributed by atoms with Crippen molar-refractivity contribution < 1.29 is 9.47 Å². The quantitative estimate of drug-likeness (QED) is 0.745. The van der Waals surface area contributed by atoms with Crippen LogP contribution in [0.2, 0.25) is 0 Å². The van der Waals surface area contributed by atoms with Crippen LogP contribution in [-0.4, -0.2) is 11.8 Å². The molecule has 0 radical (unpaired) electrons.